The highest BCUT2D eigenvalue weighted by Crippen LogP contribution is 2.45. The van der Waals surface area contributed by atoms with Gasteiger partial charge in [-0.25, -0.2) is 18.0 Å². The van der Waals surface area contributed by atoms with Gasteiger partial charge in [0.05, 0.1) is 18.3 Å². The molecule has 4 bridgehead atoms. The Labute approximate surface area is 310 Å². The summed E-state index contributed by atoms with van der Waals surface area (Å²) >= 11 is 0. The van der Waals surface area contributed by atoms with E-state index in [-0.39, 0.29) is 31.3 Å². The molecular weight excluding hydrogens is 701 g/mol. The van der Waals surface area contributed by atoms with Crippen LogP contribution in [0, 0.1) is 11.8 Å². The van der Waals surface area contributed by atoms with Crippen molar-refractivity contribution in [1.82, 2.24) is 30.1 Å². The Balaban J connectivity index is 1.17. The monoisotopic (exact) mass is 750 g/mol. The van der Waals surface area contributed by atoms with Gasteiger partial charge in [-0.1, -0.05) is 49.3 Å². The van der Waals surface area contributed by atoms with Crippen LogP contribution in [0.15, 0.2) is 36.9 Å². The first-order chi connectivity index (χ1) is 25.4. The van der Waals surface area contributed by atoms with E-state index in [1.54, 1.807) is 16.8 Å². The maximum Gasteiger partial charge on any atom is 0.410 e. The summed E-state index contributed by atoms with van der Waals surface area (Å²) in [6.45, 7) is 4.91. The van der Waals surface area contributed by atoms with Crippen molar-refractivity contribution in [3.63, 3.8) is 0 Å². The second kappa shape index (κ2) is 14.8. The molecule has 1 aromatic carbocycles. The molecule has 3 heterocycles. The average molecular weight is 751 g/mol. The van der Waals surface area contributed by atoms with Gasteiger partial charge < -0.3 is 25.2 Å². The quantitative estimate of drug-likeness (QED) is 0.357. The number of amides is 6. The van der Waals surface area contributed by atoms with Gasteiger partial charge in [0.1, 0.15) is 23.7 Å². The topological polar surface area (TPSA) is 175 Å². The van der Waals surface area contributed by atoms with Crippen molar-refractivity contribution in [2.75, 3.05) is 20.1 Å². The summed E-state index contributed by atoms with van der Waals surface area (Å²) < 4.78 is 33.6. The summed E-state index contributed by atoms with van der Waals surface area (Å²) in [5.74, 6) is -2.64. The van der Waals surface area contributed by atoms with E-state index in [4.69, 9.17) is 4.74 Å². The summed E-state index contributed by atoms with van der Waals surface area (Å²) in [5.41, 5.74) is 1.54. The van der Waals surface area contributed by atoms with Crippen LogP contribution in [0.1, 0.15) is 87.3 Å². The maximum absolute atomic E-state index is 14.6. The number of sulfonamides is 1. The molecule has 1 aromatic rings. The lowest BCUT2D eigenvalue weighted by Crippen LogP contribution is -2.59. The molecule has 6 amide bonds. The predicted octanol–water partition coefficient (Wildman–Crippen LogP) is 3.17. The molecule has 0 aromatic heterocycles. The zero-order valence-corrected chi connectivity index (χ0v) is 31.1. The minimum Gasteiger partial charge on any atom is -0.444 e. The summed E-state index contributed by atoms with van der Waals surface area (Å²) in [5, 5.41) is 5.14. The van der Waals surface area contributed by atoms with Gasteiger partial charge in [0.25, 0.3) is 5.91 Å². The van der Waals surface area contributed by atoms with Crippen molar-refractivity contribution in [2.45, 2.75) is 113 Å². The maximum atomic E-state index is 14.6. The third-order valence-electron chi connectivity index (χ3n) is 11.8. The van der Waals surface area contributed by atoms with Crippen molar-refractivity contribution in [2.24, 2.45) is 11.8 Å². The number of carbonyl (C=O) groups is 5. The zero-order valence-electron chi connectivity index (χ0n) is 30.3. The van der Waals surface area contributed by atoms with Crippen molar-refractivity contribution in [3.05, 3.63) is 53.6 Å². The highest BCUT2D eigenvalue weighted by atomic mass is 32.2. The number of hydrogen-bond donors (Lipinski definition) is 3. The van der Waals surface area contributed by atoms with Crippen molar-refractivity contribution in [3.8, 4) is 0 Å². The third kappa shape index (κ3) is 7.67. The van der Waals surface area contributed by atoms with Gasteiger partial charge in [0.15, 0.2) is 0 Å². The predicted molar refractivity (Wildman–Crippen MR) is 195 cm³/mol. The van der Waals surface area contributed by atoms with E-state index in [9.17, 15) is 32.4 Å². The Hall–Kier alpha value is -4.40. The van der Waals surface area contributed by atoms with Gasteiger partial charge >= 0.3 is 12.1 Å². The Morgan fingerprint density at radius 2 is 1.83 bits per heavy atom. The van der Waals surface area contributed by atoms with E-state index in [2.05, 4.69) is 34.1 Å². The fourth-order valence-corrected chi connectivity index (χ4v) is 9.73. The van der Waals surface area contributed by atoms with Gasteiger partial charge in [-0.15, -0.1) is 6.58 Å². The molecule has 3 N–H and O–H groups in total. The smallest absolute Gasteiger partial charge is 0.410 e. The highest BCUT2D eigenvalue weighted by molar-refractivity contribution is 7.91. The molecule has 1 saturated heterocycles. The summed E-state index contributed by atoms with van der Waals surface area (Å²) in [7, 11) is -2.19. The number of carbonyl (C=O) groups excluding carboxylic acids is 5. The van der Waals surface area contributed by atoms with Crippen LogP contribution in [0.5, 0.6) is 0 Å². The molecule has 53 heavy (non-hydrogen) atoms. The molecule has 14 nitrogen and oxygen atoms in total. The van der Waals surface area contributed by atoms with Crippen LogP contribution in [-0.2, 0) is 42.2 Å². The van der Waals surface area contributed by atoms with Crippen molar-refractivity contribution in [1.29, 1.82) is 0 Å². The lowest BCUT2D eigenvalue weighted by Gasteiger charge is -2.33. The molecule has 0 spiro atoms. The normalized spacial score (nSPS) is 30.4. The second-order valence-electron chi connectivity index (χ2n) is 15.6. The Morgan fingerprint density at radius 1 is 1.06 bits per heavy atom. The molecule has 0 radical (unpaired) electrons. The number of rotatable bonds is 7. The summed E-state index contributed by atoms with van der Waals surface area (Å²) in [6.07, 6.45) is 11.0. The fraction of sp³-hybridized carbons (Fsp3) is 0.605. The van der Waals surface area contributed by atoms with E-state index in [1.165, 1.54) is 11.0 Å². The minimum absolute atomic E-state index is 0.0415. The second-order valence-corrected chi connectivity index (χ2v) is 17.5. The van der Waals surface area contributed by atoms with E-state index < -0.39 is 68.7 Å². The minimum atomic E-state index is -3.90. The first kappa shape index (κ1) is 36.9. The van der Waals surface area contributed by atoms with Crippen LogP contribution in [0.2, 0.25) is 0 Å². The van der Waals surface area contributed by atoms with Crippen molar-refractivity contribution >= 4 is 45.9 Å². The molecule has 7 rings (SSSR count). The summed E-state index contributed by atoms with van der Waals surface area (Å²) in [4.78, 5) is 74.1. The number of hydrogen-bond acceptors (Lipinski definition) is 8. The van der Waals surface area contributed by atoms with Crippen LogP contribution in [-0.4, -0.2) is 102 Å². The molecule has 3 aliphatic heterocycles. The molecular formula is C38H50N6O8S. The Bertz CT molecular complexity index is 1810. The molecule has 286 valence electrons. The number of nitrogens with one attached hydrogen (secondary N) is 3. The van der Waals surface area contributed by atoms with Gasteiger partial charge in [-0.2, -0.15) is 0 Å². The molecule has 3 aliphatic carbocycles. The number of fused-ring (bicyclic) bond motifs is 3. The number of benzene rings is 1. The van der Waals surface area contributed by atoms with Crippen LogP contribution >= 0.6 is 0 Å². The number of nitrogens with zero attached hydrogens (tertiary/aromatic N) is 3. The van der Waals surface area contributed by atoms with E-state index >= 15 is 0 Å². The number of ether oxygens (including phenoxy) is 1. The molecule has 3 saturated carbocycles. The van der Waals surface area contributed by atoms with Crippen LogP contribution in [0.3, 0.4) is 0 Å². The molecule has 0 unspecified atom stereocenters. The number of urea groups is 1. The first-order valence-corrected chi connectivity index (χ1v) is 20.5. The van der Waals surface area contributed by atoms with E-state index in [0.29, 0.717) is 32.5 Å². The lowest BCUT2D eigenvalue weighted by atomic mass is 9.96. The standard InChI is InChI=1S/C38H50N6O8S/c1-3-27-20-38(27,35(47)41-53(50,51)29-16-17-29)40-33(45)31-19-28-22-44(31)34(46)32(25-12-7-8-13-25)39-36(48)42(2)18-9-5-4-6-11-24-14-10-15-26-21-43(23-30(24)26)37(49)52-28/h3,6,10-11,14-15,25,27-29,31-32H,1,4-5,7-9,12-13,16-23H2,2H3,(H,39,48)(H,40,45)(H,41,47)/b11-6+/t27-,28+,31-,32-,38+/m0/s1. The zero-order chi connectivity index (χ0) is 37.5. The van der Waals surface area contributed by atoms with Gasteiger partial charge in [-0.3, -0.25) is 24.0 Å². The highest BCUT2D eigenvalue weighted by Gasteiger charge is 2.62. The van der Waals surface area contributed by atoms with Gasteiger partial charge in [-0.05, 0) is 74.0 Å². The Kier molecular flexibility index (Phi) is 10.3. The van der Waals surface area contributed by atoms with Crippen LogP contribution in [0.4, 0.5) is 9.59 Å². The molecule has 15 heteroatoms. The fourth-order valence-electron chi connectivity index (χ4n) is 8.36. The lowest BCUT2D eigenvalue weighted by molar-refractivity contribution is -0.142. The third-order valence-corrected chi connectivity index (χ3v) is 13.6. The average Bonchev–Trinajstić information content (AvgIpc) is 3.91. The SMILES string of the molecule is C=C[C@H]1C[C@]1(NC(=O)[C@@H]1C[C@@H]2CN1C(=O)[C@H](C1CCCC1)NC(=O)N(C)CCCC/C=C/c1cccc3c1CN(C3)C(=O)O2)C(=O)NS(=O)(=O)C1CC1. The first-order valence-electron chi connectivity index (χ1n) is 19.0. The van der Waals surface area contributed by atoms with Crippen molar-refractivity contribution < 1.29 is 37.1 Å². The largest absolute Gasteiger partial charge is 0.444 e. The van der Waals surface area contributed by atoms with Gasteiger partial charge in [0.2, 0.25) is 21.8 Å². The Morgan fingerprint density at radius 3 is 2.55 bits per heavy atom. The van der Waals surface area contributed by atoms with E-state index in [0.717, 1.165) is 61.6 Å². The molecule has 4 fully saturated rings. The molecule has 6 aliphatic rings. The van der Waals surface area contributed by atoms with Crippen LogP contribution < -0.4 is 15.4 Å². The van der Waals surface area contributed by atoms with E-state index in [1.807, 2.05) is 18.2 Å². The van der Waals surface area contributed by atoms with Gasteiger partial charge in [0, 0.05) is 32.5 Å². The molecule has 5 atom stereocenters. The van der Waals surface area contributed by atoms with Crippen LogP contribution in [0.25, 0.3) is 6.08 Å². The number of allylic oxidation sites excluding steroid dienone is 1. The summed E-state index contributed by atoms with van der Waals surface area (Å²) in [6, 6.07) is 3.52.